The normalized spacial score (nSPS) is 13.9. The maximum absolute atomic E-state index is 13.5. The van der Waals surface area contributed by atoms with Crippen LogP contribution in [0.4, 0.5) is 4.39 Å². The lowest BCUT2D eigenvalue weighted by molar-refractivity contribution is 0.0955. The highest BCUT2D eigenvalue weighted by Gasteiger charge is 2.26. The molecular weight excluding hydrogens is 367 g/mol. The first-order valence-corrected chi connectivity index (χ1v) is 9.89. The van der Waals surface area contributed by atoms with E-state index >= 15 is 0 Å². The Morgan fingerprint density at radius 2 is 1.97 bits per heavy atom. The highest BCUT2D eigenvalue weighted by Crippen LogP contribution is 2.40. The lowest BCUT2D eigenvalue weighted by Gasteiger charge is -2.10. The third-order valence-electron chi connectivity index (χ3n) is 5.55. The second-order valence-corrected chi connectivity index (χ2v) is 7.61. The summed E-state index contributed by atoms with van der Waals surface area (Å²) in [6.07, 6.45) is 2.84. The summed E-state index contributed by atoms with van der Waals surface area (Å²) in [5.41, 5.74) is 4.04. The average molecular weight is 388 g/mol. The van der Waals surface area contributed by atoms with Gasteiger partial charge in [-0.15, -0.1) is 0 Å². The number of hydrogen-bond acceptors (Lipinski definition) is 3. The number of carbonyl (C=O) groups is 1. The molecule has 2 aromatic carbocycles. The first-order valence-electron chi connectivity index (χ1n) is 9.89. The number of aromatic nitrogens is 3. The lowest BCUT2D eigenvalue weighted by atomic mass is 10.1. The van der Waals surface area contributed by atoms with Crippen molar-refractivity contribution in [2.45, 2.75) is 25.2 Å². The maximum Gasteiger partial charge on any atom is 0.252 e. The van der Waals surface area contributed by atoms with Crippen LogP contribution in [-0.2, 0) is 13.5 Å². The van der Waals surface area contributed by atoms with Gasteiger partial charge < -0.3 is 9.88 Å². The predicted octanol–water partition coefficient (Wildman–Crippen LogP) is 4.11. The first kappa shape index (κ1) is 17.8. The molecule has 1 saturated carbocycles. The Bertz CT molecular complexity index is 1240. The van der Waals surface area contributed by atoms with Gasteiger partial charge in [0.05, 0.1) is 22.1 Å². The molecule has 1 N–H and O–H groups in total. The van der Waals surface area contributed by atoms with Crippen molar-refractivity contribution in [2.24, 2.45) is 7.05 Å². The zero-order chi connectivity index (χ0) is 20.0. The molecule has 1 fully saturated rings. The SMILES string of the molecule is Cn1c(CCNC(=O)c2cc(C3CC3)nc3ccccc23)nc2ccc(F)cc21. The van der Waals surface area contributed by atoms with E-state index in [2.05, 4.69) is 10.3 Å². The van der Waals surface area contributed by atoms with E-state index in [1.807, 2.05) is 41.9 Å². The van der Waals surface area contributed by atoms with E-state index in [1.165, 1.54) is 12.1 Å². The number of nitrogens with one attached hydrogen (secondary N) is 1. The minimum Gasteiger partial charge on any atom is -0.352 e. The van der Waals surface area contributed by atoms with Gasteiger partial charge in [0.2, 0.25) is 0 Å². The van der Waals surface area contributed by atoms with Crippen molar-refractivity contribution in [2.75, 3.05) is 6.54 Å². The number of benzene rings is 2. The Kier molecular flexibility index (Phi) is 4.27. The van der Waals surface area contributed by atoms with Gasteiger partial charge in [0, 0.05) is 37.0 Å². The van der Waals surface area contributed by atoms with Gasteiger partial charge in [-0.1, -0.05) is 18.2 Å². The van der Waals surface area contributed by atoms with Crippen LogP contribution in [-0.4, -0.2) is 27.0 Å². The van der Waals surface area contributed by atoms with E-state index < -0.39 is 0 Å². The Balaban J connectivity index is 1.35. The van der Waals surface area contributed by atoms with Gasteiger partial charge in [-0.05, 0) is 43.2 Å². The van der Waals surface area contributed by atoms with Crippen LogP contribution in [0.5, 0.6) is 0 Å². The largest absolute Gasteiger partial charge is 0.352 e. The van der Waals surface area contributed by atoms with E-state index in [4.69, 9.17) is 4.98 Å². The van der Waals surface area contributed by atoms with Crippen molar-refractivity contribution < 1.29 is 9.18 Å². The molecule has 0 saturated heterocycles. The molecule has 29 heavy (non-hydrogen) atoms. The Morgan fingerprint density at radius 1 is 1.14 bits per heavy atom. The van der Waals surface area contributed by atoms with Crippen LogP contribution in [0.1, 0.15) is 40.6 Å². The Hall–Kier alpha value is -3.28. The van der Waals surface area contributed by atoms with Gasteiger partial charge in [-0.25, -0.2) is 9.37 Å². The van der Waals surface area contributed by atoms with E-state index in [0.29, 0.717) is 24.4 Å². The molecule has 2 aromatic heterocycles. The van der Waals surface area contributed by atoms with Gasteiger partial charge in [0.1, 0.15) is 11.6 Å². The summed E-state index contributed by atoms with van der Waals surface area (Å²) in [5, 5.41) is 3.88. The third-order valence-corrected chi connectivity index (χ3v) is 5.55. The van der Waals surface area contributed by atoms with E-state index in [-0.39, 0.29) is 11.7 Å². The fourth-order valence-electron chi connectivity index (χ4n) is 3.79. The van der Waals surface area contributed by atoms with Crippen LogP contribution in [0.2, 0.25) is 0 Å². The van der Waals surface area contributed by atoms with Crippen LogP contribution in [0.25, 0.3) is 21.9 Å². The molecule has 0 aliphatic heterocycles. The smallest absolute Gasteiger partial charge is 0.252 e. The van der Waals surface area contributed by atoms with Crippen LogP contribution in [0.3, 0.4) is 0 Å². The van der Waals surface area contributed by atoms with Gasteiger partial charge in [-0.2, -0.15) is 0 Å². The minimum atomic E-state index is -0.281. The molecule has 0 atom stereocenters. The fourth-order valence-corrected chi connectivity index (χ4v) is 3.79. The fraction of sp³-hybridized carbons (Fsp3) is 0.261. The molecule has 4 aromatic rings. The summed E-state index contributed by atoms with van der Waals surface area (Å²) in [7, 11) is 1.87. The molecule has 2 heterocycles. The van der Waals surface area contributed by atoms with Crippen LogP contribution < -0.4 is 5.32 Å². The average Bonchev–Trinajstić information content (AvgIpc) is 3.53. The van der Waals surface area contributed by atoms with Crippen molar-refractivity contribution in [1.29, 1.82) is 0 Å². The molecule has 5 nitrogen and oxygen atoms in total. The predicted molar refractivity (Wildman–Crippen MR) is 110 cm³/mol. The Morgan fingerprint density at radius 3 is 2.79 bits per heavy atom. The number of nitrogens with zero attached hydrogens (tertiary/aromatic N) is 3. The molecule has 6 heteroatoms. The molecule has 1 amide bonds. The Labute approximate surface area is 167 Å². The van der Waals surface area contributed by atoms with Crippen LogP contribution in [0, 0.1) is 5.82 Å². The third kappa shape index (κ3) is 3.35. The second kappa shape index (κ2) is 6.95. The summed E-state index contributed by atoms with van der Waals surface area (Å²) >= 11 is 0. The lowest BCUT2D eigenvalue weighted by Crippen LogP contribution is -2.26. The summed E-state index contributed by atoms with van der Waals surface area (Å²) in [6, 6.07) is 14.3. The molecule has 1 aliphatic carbocycles. The summed E-state index contributed by atoms with van der Waals surface area (Å²) in [6.45, 7) is 0.452. The zero-order valence-corrected chi connectivity index (χ0v) is 16.2. The number of hydrogen-bond donors (Lipinski definition) is 1. The number of carbonyl (C=O) groups excluding carboxylic acids is 1. The molecule has 0 bridgehead atoms. The number of amides is 1. The standard InChI is InChI=1S/C23H21FN4O/c1-28-21-12-15(24)8-9-19(21)27-22(28)10-11-25-23(29)17-13-20(14-6-7-14)26-18-5-3-2-4-16(17)18/h2-5,8-9,12-14H,6-7,10-11H2,1H3,(H,25,29). The quantitative estimate of drug-likeness (QED) is 0.560. The number of fused-ring (bicyclic) bond motifs is 2. The van der Waals surface area contributed by atoms with Crippen molar-refractivity contribution in [3.05, 3.63) is 71.4 Å². The maximum atomic E-state index is 13.5. The molecule has 0 radical (unpaired) electrons. The number of rotatable bonds is 5. The van der Waals surface area contributed by atoms with Crippen molar-refractivity contribution in [3.8, 4) is 0 Å². The molecule has 5 rings (SSSR count). The highest BCUT2D eigenvalue weighted by molar-refractivity contribution is 6.06. The van der Waals surface area contributed by atoms with Crippen molar-refractivity contribution >= 4 is 27.8 Å². The zero-order valence-electron chi connectivity index (χ0n) is 16.2. The van der Waals surface area contributed by atoms with Crippen molar-refractivity contribution in [1.82, 2.24) is 19.9 Å². The number of imidazole rings is 1. The number of para-hydroxylation sites is 1. The van der Waals surface area contributed by atoms with Gasteiger partial charge in [0.15, 0.2) is 0 Å². The molecule has 0 spiro atoms. The molecule has 146 valence electrons. The molecule has 0 unspecified atom stereocenters. The van der Waals surface area contributed by atoms with Gasteiger partial charge in [0.25, 0.3) is 5.91 Å². The van der Waals surface area contributed by atoms with E-state index in [9.17, 15) is 9.18 Å². The second-order valence-electron chi connectivity index (χ2n) is 7.61. The topological polar surface area (TPSA) is 59.8 Å². The summed E-state index contributed by atoms with van der Waals surface area (Å²) < 4.78 is 15.4. The molecule has 1 aliphatic rings. The number of aryl methyl sites for hydroxylation is 1. The van der Waals surface area contributed by atoms with Crippen molar-refractivity contribution in [3.63, 3.8) is 0 Å². The minimum absolute atomic E-state index is 0.102. The van der Waals surface area contributed by atoms with Crippen LogP contribution >= 0.6 is 0 Å². The van der Waals surface area contributed by atoms with E-state index in [0.717, 1.165) is 46.3 Å². The molecular formula is C23H21FN4O. The monoisotopic (exact) mass is 388 g/mol. The number of halogens is 1. The van der Waals surface area contributed by atoms with E-state index in [1.54, 1.807) is 6.07 Å². The van der Waals surface area contributed by atoms with Gasteiger partial charge in [-0.3, -0.25) is 9.78 Å². The van der Waals surface area contributed by atoms with Crippen LogP contribution in [0.15, 0.2) is 48.5 Å². The summed E-state index contributed by atoms with van der Waals surface area (Å²) in [5.74, 6) is 0.905. The first-order chi connectivity index (χ1) is 14.1. The number of pyridine rings is 1. The van der Waals surface area contributed by atoms with Gasteiger partial charge >= 0.3 is 0 Å². The highest BCUT2D eigenvalue weighted by atomic mass is 19.1. The summed E-state index contributed by atoms with van der Waals surface area (Å²) in [4.78, 5) is 22.2.